The standard InChI is InChI=1S/C26H26N4O5/c1-28(2)15-18-7-9-19(10-8-18)22-6-4-3-5-20(22)14-27-25(31)16-29-23-13-21(30(33)34)11-12-24(23)35-17-26(29)32/h3-13H,14-17H2,1-2H3,(H,27,31). The molecule has 0 saturated carbocycles. The van der Waals surface area contributed by atoms with Gasteiger partial charge in [0.2, 0.25) is 5.91 Å². The topological polar surface area (TPSA) is 105 Å². The number of rotatable bonds is 8. The maximum absolute atomic E-state index is 12.8. The SMILES string of the molecule is CN(C)Cc1ccc(-c2ccccc2CNC(=O)CN2C(=O)COc3ccc([N+](=O)[O-])cc32)cc1. The van der Waals surface area contributed by atoms with Crippen LogP contribution < -0.4 is 15.0 Å². The Balaban J connectivity index is 1.46. The molecule has 1 N–H and O–H groups in total. The van der Waals surface area contributed by atoms with Crippen LogP contribution in [0.4, 0.5) is 11.4 Å². The molecule has 9 heteroatoms. The molecule has 3 aromatic carbocycles. The highest BCUT2D eigenvalue weighted by molar-refractivity contribution is 6.02. The van der Waals surface area contributed by atoms with Gasteiger partial charge < -0.3 is 15.0 Å². The summed E-state index contributed by atoms with van der Waals surface area (Å²) in [6.07, 6.45) is 0. The summed E-state index contributed by atoms with van der Waals surface area (Å²) in [4.78, 5) is 39.1. The number of carbonyl (C=O) groups excluding carboxylic acids is 2. The summed E-state index contributed by atoms with van der Waals surface area (Å²) in [6, 6.07) is 20.1. The van der Waals surface area contributed by atoms with E-state index in [1.54, 1.807) is 0 Å². The van der Waals surface area contributed by atoms with Crippen molar-refractivity contribution < 1.29 is 19.2 Å². The summed E-state index contributed by atoms with van der Waals surface area (Å²) in [5.41, 5.74) is 4.22. The Labute approximate surface area is 203 Å². The van der Waals surface area contributed by atoms with Crippen LogP contribution in [0.5, 0.6) is 5.75 Å². The van der Waals surface area contributed by atoms with Gasteiger partial charge in [-0.2, -0.15) is 0 Å². The second kappa shape index (κ2) is 10.4. The number of non-ortho nitro benzene ring substituents is 1. The van der Waals surface area contributed by atoms with Crippen molar-refractivity contribution in [3.05, 3.63) is 88.0 Å². The number of nitrogens with zero attached hydrogens (tertiary/aromatic N) is 3. The number of hydrogen-bond donors (Lipinski definition) is 1. The fraction of sp³-hybridized carbons (Fsp3) is 0.231. The number of nitro benzene ring substituents is 1. The highest BCUT2D eigenvalue weighted by Gasteiger charge is 2.29. The van der Waals surface area contributed by atoms with Crippen molar-refractivity contribution in [1.82, 2.24) is 10.2 Å². The number of ether oxygens (including phenoxy) is 1. The molecule has 35 heavy (non-hydrogen) atoms. The predicted molar refractivity (Wildman–Crippen MR) is 132 cm³/mol. The van der Waals surface area contributed by atoms with Gasteiger partial charge in [-0.15, -0.1) is 0 Å². The zero-order valence-electron chi connectivity index (χ0n) is 19.6. The Morgan fingerprint density at radius 3 is 2.57 bits per heavy atom. The van der Waals surface area contributed by atoms with Gasteiger partial charge in [0.25, 0.3) is 11.6 Å². The van der Waals surface area contributed by atoms with E-state index < -0.39 is 10.8 Å². The first-order valence-corrected chi connectivity index (χ1v) is 11.1. The number of nitro groups is 1. The lowest BCUT2D eigenvalue weighted by Crippen LogP contribution is -2.45. The second-order valence-electron chi connectivity index (χ2n) is 8.55. The van der Waals surface area contributed by atoms with Gasteiger partial charge in [0.15, 0.2) is 6.61 Å². The van der Waals surface area contributed by atoms with E-state index in [9.17, 15) is 19.7 Å². The zero-order valence-corrected chi connectivity index (χ0v) is 19.6. The molecule has 0 spiro atoms. The maximum Gasteiger partial charge on any atom is 0.271 e. The monoisotopic (exact) mass is 474 g/mol. The minimum absolute atomic E-state index is 0.182. The third-order valence-electron chi connectivity index (χ3n) is 5.66. The van der Waals surface area contributed by atoms with Crippen LogP contribution >= 0.6 is 0 Å². The van der Waals surface area contributed by atoms with Gasteiger partial charge in [0, 0.05) is 25.2 Å². The molecule has 0 fully saturated rings. The number of nitrogens with one attached hydrogen (secondary N) is 1. The first-order valence-electron chi connectivity index (χ1n) is 11.1. The number of benzene rings is 3. The molecule has 0 unspecified atom stereocenters. The molecule has 0 aromatic heterocycles. The van der Waals surface area contributed by atoms with Crippen LogP contribution in [0.15, 0.2) is 66.7 Å². The first kappa shape index (κ1) is 23.9. The van der Waals surface area contributed by atoms with E-state index >= 15 is 0 Å². The Bertz CT molecular complexity index is 1260. The highest BCUT2D eigenvalue weighted by atomic mass is 16.6. The number of amides is 2. The molecule has 180 valence electrons. The Morgan fingerprint density at radius 1 is 1.11 bits per heavy atom. The summed E-state index contributed by atoms with van der Waals surface area (Å²) in [6.45, 7) is 0.627. The molecule has 3 aromatic rings. The van der Waals surface area contributed by atoms with Gasteiger partial charge in [-0.1, -0.05) is 48.5 Å². The second-order valence-corrected chi connectivity index (χ2v) is 8.55. The number of anilines is 1. The van der Waals surface area contributed by atoms with E-state index in [4.69, 9.17) is 4.74 Å². The summed E-state index contributed by atoms with van der Waals surface area (Å²) in [5.74, 6) is -0.494. The molecule has 0 aliphatic carbocycles. The minimum atomic E-state index is -0.554. The van der Waals surface area contributed by atoms with E-state index in [0.29, 0.717) is 5.75 Å². The number of carbonyl (C=O) groups is 2. The van der Waals surface area contributed by atoms with Crippen molar-refractivity contribution in [2.45, 2.75) is 13.1 Å². The third-order valence-corrected chi connectivity index (χ3v) is 5.66. The largest absolute Gasteiger partial charge is 0.482 e. The van der Waals surface area contributed by atoms with E-state index in [1.807, 2.05) is 38.4 Å². The molecule has 0 saturated heterocycles. The molecule has 9 nitrogen and oxygen atoms in total. The van der Waals surface area contributed by atoms with E-state index in [-0.39, 0.29) is 37.0 Å². The van der Waals surface area contributed by atoms with Crippen molar-refractivity contribution in [3.63, 3.8) is 0 Å². The molecule has 1 heterocycles. The van der Waals surface area contributed by atoms with Crippen LogP contribution in [-0.4, -0.2) is 48.9 Å². The summed E-state index contributed by atoms with van der Waals surface area (Å²) in [5, 5.41) is 14.0. The molecule has 1 aliphatic heterocycles. The molecular formula is C26H26N4O5. The van der Waals surface area contributed by atoms with Gasteiger partial charge in [0.1, 0.15) is 12.3 Å². The summed E-state index contributed by atoms with van der Waals surface area (Å²) < 4.78 is 5.36. The van der Waals surface area contributed by atoms with Crippen molar-refractivity contribution in [2.75, 3.05) is 32.1 Å². The summed E-state index contributed by atoms with van der Waals surface area (Å²) in [7, 11) is 4.05. The summed E-state index contributed by atoms with van der Waals surface area (Å²) >= 11 is 0. The average Bonchev–Trinajstić information content (AvgIpc) is 2.84. The minimum Gasteiger partial charge on any atom is -0.482 e. The average molecular weight is 475 g/mol. The Kier molecular flexibility index (Phi) is 7.07. The van der Waals surface area contributed by atoms with Crippen molar-refractivity contribution in [2.24, 2.45) is 0 Å². The molecular weight excluding hydrogens is 448 g/mol. The smallest absolute Gasteiger partial charge is 0.271 e. The van der Waals surface area contributed by atoms with Crippen molar-refractivity contribution in [1.29, 1.82) is 0 Å². The van der Waals surface area contributed by atoms with E-state index in [0.717, 1.165) is 23.2 Å². The lowest BCUT2D eigenvalue weighted by molar-refractivity contribution is -0.384. The van der Waals surface area contributed by atoms with Crippen LogP contribution in [0.25, 0.3) is 11.1 Å². The van der Waals surface area contributed by atoms with E-state index in [1.165, 1.54) is 28.7 Å². The van der Waals surface area contributed by atoms with Crippen LogP contribution in [0.3, 0.4) is 0 Å². The normalized spacial score (nSPS) is 12.8. The van der Waals surface area contributed by atoms with Crippen LogP contribution in [0.1, 0.15) is 11.1 Å². The van der Waals surface area contributed by atoms with Gasteiger partial charge >= 0.3 is 0 Å². The lowest BCUT2D eigenvalue weighted by atomic mass is 9.98. The maximum atomic E-state index is 12.8. The fourth-order valence-corrected chi connectivity index (χ4v) is 3.98. The molecule has 0 bridgehead atoms. The van der Waals surface area contributed by atoms with Gasteiger partial charge in [0.05, 0.1) is 10.6 Å². The molecule has 2 amide bonds. The van der Waals surface area contributed by atoms with Crippen LogP contribution in [-0.2, 0) is 22.7 Å². The van der Waals surface area contributed by atoms with Gasteiger partial charge in [-0.3, -0.25) is 24.6 Å². The molecule has 4 rings (SSSR count). The zero-order chi connectivity index (χ0) is 24.9. The molecule has 1 aliphatic rings. The van der Waals surface area contributed by atoms with Crippen LogP contribution in [0.2, 0.25) is 0 Å². The highest BCUT2D eigenvalue weighted by Crippen LogP contribution is 2.35. The van der Waals surface area contributed by atoms with Gasteiger partial charge in [-0.05, 0) is 42.4 Å². The molecule has 0 atom stereocenters. The number of fused-ring (bicyclic) bond motifs is 1. The lowest BCUT2D eigenvalue weighted by Gasteiger charge is -2.28. The Hall–Kier alpha value is -4.24. The van der Waals surface area contributed by atoms with Crippen molar-refractivity contribution >= 4 is 23.2 Å². The third kappa shape index (κ3) is 5.64. The van der Waals surface area contributed by atoms with Crippen molar-refractivity contribution in [3.8, 4) is 16.9 Å². The first-order chi connectivity index (χ1) is 16.8. The predicted octanol–water partition coefficient (Wildman–Crippen LogP) is 3.37. The number of hydrogen-bond acceptors (Lipinski definition) is 6. The van der Waals surface area contributed by atoms with Gasteiger partial charge in [-0.25, -0.2) is 0 Å². The molecule has 0 radical (unpaired) electrons. The Morgan fingerprint density at radius 2 is 1.86 bits per heavy atom. The quantitative estimate of drug-likeness (QED) is 0.397. The fourth-order valence-electron chi connectivity index (χ4n) is 3.98. The van der Waals surface area contributed by atoms with Crippen LogP contribution in [0, 0.1) is 10.1 Å². The van der Waals surface area contributed by atoms with E-state index in [2.05, 4.69) is 34.5 Å².